The van der Waals surface area contributed by atoms with Gasteiger partial charge in [0.05, 0.1) is 12.7 Å². The van der Waals surface area contributed by atoms with Crippen molar-refractivity contribution in [1.82, 2.24) is 15.1 Å². The van der Waals surface area contributed by atoms with E-state index in [-0.39, 0.29) is 18.3 Å². The summed E-state index contributed by atoms with van der Waals surface area (Å²) in [5.41, 5.74) is 7.55. The highest BCUT2D eigenvalue weighted by molar-refractivity contribution is 5.77. The van der Waals surface area contributed by atoms with Crippen LogP contribution in [-0.2, 0) is 20.0 Å². The van der Waals surface area contributed by atoms with E-state index in [0.717, 1.165) is 17.5 Å². The SMILES string of the molecule is Cn1cc(CCNC(N)=NCc2ccc(OC(F)(F)F)cc2)cn1. The molecule has 9 heteroatoms. The quantitative estimate of drug-likeness (QED) is 0.622. The van der Waals surface area contributed by atoms with Crippen molar-refractivity contribution in [3.8, 4) is 5.75 Å². The Labute approximate surface area is 137 Å². The molecule has 0 unspecified atom stereocenters. The maximum Gasteiger partial charge on any atom is 0.573 e. The second-order valence-electron chi connectivity index (χ2n) is 5.09. The van der Waals surface area contributed by atoms with Crippen molar-refractivity contribution >= 4 is 5.96 Å². The lowest BCUT2D eigenvalue weighted by molar-refractivity contribution is -0.274. The van der Waals surface area contributed by atoms with E-state index in [1.807, 2.05) is 13.2 Å². The monoisotopic (exact) mass is 341 g/mol. The molecular formula is C15H18F3N5O. The summed E-state index contributed by atoms with van der Waals surface area (Å²) in [4.78, 5) is 4.13. The van der Waals surface area contributed by atoms with Crippen LogP contribution in [0.1, 0.15) is 11.1 Å². The minimum absolute atomic E-state index is 0.262. The number of aromatic nitrogens is 2. The van der Waals surface area contributed by atoms with Gasteiger partial charge in [0.2, 0.25) is 0 Å². The molecule has 0 spiro atoms. The van der Waals surface area contributed by atoms with E-state index in [1.165, 1.54) is 24.3 Å². The highest BCUT2D eigenvalue weighted by Crippen LogP contribution is 2.22. The zero-order valence-corrected chi connectivity index (χ0v) is 13.0. The minimum atomic E-state index is -4.69. The minimum Gasteiger partial charge on any atom is -0.406 e. The number of alkyl halides is 3. The summed E-state index contributed by atoms with van der Waals surface area (Å²) in [6.45, 7) is 0.872. The second kappa shape index (κ2) is 7.71. The fourth-order valence-corrected chi connectivity index (χ4v) is 1.96. The van der Waals surface area contributed by atoms with Crippen LogP contribution in [0, 0.1) is 0 Å². The molecule has 6 nitrogen and oxygen atoms in total. The highest BCUT2D eigenvalue weighted by atomic mass is 19.4. The van der Waals surface area contributed by atoms with Crippen LogP contribution in [0.4, 0.5) is 13.2 Å². The van der Waals surface area contributed by atoms with Crippen molar-refractivity contribution in [2.45, 2.75) is 19.3 Å². The molecule has 0 saturated heterocycles. The molecule has 3 N–H and O–H groups in total. The third-order valence-corrected chi connectivity index (χ3v) is 3.07. The number of nitrogens with two attached hydrogens (primary N) is 1. The van der Waals surface area contributed by atoms with Gasteiger partial charge in [-0.05, 0) is 29.7 Å². The van der Waals surface area contributed by atoms with Gasteiger partial charge in [-0.15, -0.1) is 13.2 Å². The summed E-state index contributed by atoms with van der Waals surface area (Å²) < 4.78 is 41.7. The smallest absolute Gasteiger partial charge is 0.406 e. The van der Waals surface area contributed by atoms with Crippen LogP contribution in [0.5, 0.6) is 5.75 Å². The molecule has 0 atom stereocenters. The van der Waals surface area contributed by atoms with E-state index < -0.39 is 6.36 Å². The topological polar surface area (TPSA) is 77.5 Å². The number of guanidine groups is 1. The third kappa shape index (κ3) is 6.19. The molecule has 1 heterocycles. The zero-order valence-electron chi connectivity index (χ0n) is 13.0. The van der Waals surface area contributed by atoms with E-state index in [2.05, 4.69) is 20.1 Å². The maximum atomic E-state index is 12.1. The van der Waals surface area contributed by atoms with Gasteiger partial charge in [-0.3, -0.25) is 4.68 Å². The molecule has 1 aromatic heterocycles. The number of nitrogens with zero attached hydrogens (tertiary/aromatic N) is 3. The van der Waals surface area contributed by atoms with Crippen LogP contribution >= 0.6 is 0 Å². The Balaban J connectivity index is 1.77. The van der Waals surface area contributed by atoms with Gasteiger partial charge in [-0.25, -0.2) is 4.99 Å². The van der Waals surface area contributed by atoms with E-state index >= 15 is 0 Å². The number of aliphatic imine (C=N–C) groups is 1. The number of aryl methyl sites for hydroxylation is 1. The Morgan fingerprint density at radius 2 is 2.00 bits per heavy atom. The van der Waals surface area contributed by atoms with E-state index in [4.69, 9.17) is 5.73 Å². The Kier molecular flexibility index (Phi) is 5.67. The summed E-state index contributed by atoms with van der Waals surface area (Å²) in [6, 6.07) is 5.50. The number of rotatable bonds is 6. The predicted molar refractivity (Wildman–Crippen MR) is 83.4 cm³/mol. The first-order valence-electron chi connectivity index (χ1n) is 7.18. The van der Waals surface area contributed by atoms with Crippen LogP contribution in [0.25, 0.3) is 0 Å². The van der Waals surface area contributed by atoms with Crippen molar-refractivity contribution < 1.29 is 17.9 Å². The average molecular weight is 341 g/mol. The first-order chi connectivity index (χ1) is 11.3. The van der Waals surface area contributed by atoms with Crippen LogP contribution in [0.3, 0.4) is 0 Å². The molecular weight excluding hydrogens is 323 g/mol. The Morgan fingerprint density at radius 1 is 1.29 bits per heavy atom. The lowest BCUT2D eigenvalue weighted by Gasteiger charge is -2.09. The lowest BCUT2D eigenvalue weighted by atomic mass is 10.2. The van der Waals surface area contributed by atoms with Gasteiger partial charge in [0.25, 0.3) is 0 Å². The predicted octanol–water partition coefficient (Wildman–Crippen LogP) is 1.97. The normalized spacial score (nSPS) is 12.2. The van der Waals surface area contributed by atoms with Crippen molar-refractivity contribution in [3.63, 3.8) is 0 Å². The zero-order chi connectivity index (χ0) is 17.6. The molecule has 130 valence electrons. The number of hydrogen-bond acceptors (Lipinski definition) is 3. The van der Waals surface area contributed by atoms with E-state index in [1.54, 1.807) is 10.9 Å². The standard InChI is InChI=1S/C15H18F3N5O/c1-23-10-12(9-22-23)6-7-20-14(19)21-8-11-2-4-13(5-3-11)24-15(16,17)18/h2-5,9-10H,6-8H2,1H3,(H3,19,20,21). The molecule has 0 radical (unpaired) electrons. The summed E-state index contributed by atoms with van der Waals surface area (Å²) >= 11 is 0. The lowest BCUT2D eigenvalue weighted by Crippen LogP contribution is -2.33. The molecule has 0 aliphatic carbocycles. The Morgan fingerprint density at radius 3 is 2.58 bits per heavy atom. The fourth-order valence-electron chi connectivity index (χ4n) is 1.96. The maximum absolute atomic E-state index is 12.1. The Hall–Kier alpha value is -2.71. The van der Waals surface area contributed by atoms with Gasteiger partial charge in [0.1, 0.15) is 5.75 Å². The van der Waals surface area contributed by atoms with Gasteiger partial charge >= 0.3 is 6.36 Å². The van der Waals surface area contributed by atoms with E-state index in [9.17, 15) is 13.2 Å². The van der Waals surface area contributed by atoms with Crippen molar-refractivity contribution in [3.05, 3.63) is 47.8 Å². The van der Waals surface area contributed by atoms with Crippen molar-refractivity contribution in [1.29, 1.82) is 0 Å². The third-order valence-electron chi connectivity index (χ3n) is 3.07. The van der Waals surface area contributed by atoms with Crippen LogP contribution in [-0.4, -0.2) is 28.6 Å². The molecule has 0 bridgehead atoms. The first-order valence-corrected chi connectivity index (χ1v) is 7.18. The second-order valence-corrected chi connectivity index (χ2v) is 5.09. The molecule has 0 saturated carbocycles. The van der Waals surface area contributed by atoms with Gasteiger partial charge in [0.15, 0.2) is 5.96 Å². The highest BCUT2D eigenvalue weighted by Gasteiger charge is 2.30. The summed E-state index contributed by atoms with van der Waals surface area (Å²) in [6.07, 6.45) is -0.241. The summed E-state index contributed by atoms with van der Waals surface area (Å²) in [7, 11) is 1.85. The molecule has 2 aromatic rings. The van der Waals surface area contributed by atoms with E-state index in [0.29, 0.717) is 6.54 Å². The fraction of sp³-hybridized carbons (Fsp3) is 0.333. The first kappa shape index (κ1) is 17.6. The van der Waals surface area contributed by atoms with Crippen LogP contribution < -0.4 is 15.8 Å². The van der Waals surface area contributed by atoms with Crippen molar-refractivity contribution in [2.75, 3.05) is 6.54 Å². The van der Waals surface area contributed by atoms with Gasteiger partial charge in [-0.2, -0.15) is 5.10 Å². The Bertz CT molecular complexity index is 679. The number of ether oxygens (including phenoxy) is 1. The average Bonchev–Trinajstić information content (AvgIpc) is 2.90. The number of benzene rings is 1. The van der Waals surface area contributed by atoms with Gasteiger partial charge in [0, 0.05) is 19.8 Å². The van der Waals surface area contributed by atoms with Gasteiger partial charge < -0.3 is 15.8 Å². The molecule has 1 aromatic carbocycles. The molecule has 0 aliphatic rings. The molecule has 0 amide bonds. The molecule has 0 fully saturated rings. The van der Waals surface area contributed by atoms with Crippen LogP contribution in [0.15, 0.2) is 41.7 Å². The summed E-state index contributed by atoms with van der Waals surface area (Å²) in [5.74, 6) is 0.00676. The number of nitrogens with one attached hydrogen (secondary N) is 1. The van der Waals surface area contributed by atoms with Gasteiger partial charge in [-0.1, -0.05) is 12.1 Å². The number of halogens is 3. The number of hydrogen-bond donors (Lipinski definition) is 2. The molecule has 24 heavy (non-hydrogen) atoms. The molecule has 0 aliphatic heterocycles. The van der Waals surface area contributed by atoms with Crippen molar-refractivity contribution in [2.24, 2.45) is 17.8 Å². The molecule has 2 rings (SSSR count). The summed E-state index contributed by atoms with van der Waals surface area (Å²) in [5, 5.41) is 7.04. The van der Waals surface area contributed by atoms with Crippen LogP contribution in [0.2, 0.25) is 0 Å². The largest absolute Gasteiger partial charge is 0.573 e.